The largest absolute Gasteiger partial charge is 0.396 e. The predicted octanol–water partition coefficient (Wildman–Crippen LogP) is 2.33. The highest BCUT2D eigenvalue weighted by Gasteiger charge is 2.46. The molecule has 0 bridgehead atoms. The average Bonchev–Trinajstić information content (AvgIpc) is 4.15. The number of carbonyl (C=O) groups is 10. The second kappa shape index (κ2) is 23.0. The van der Waals surface area contributed by atoms with Crippen LogP contribution < -0.4 is 37.2 Å². The van der Waals surface area contributed by atoms with Crippen LogP contribution in [0.25, 0.3) is 10.9 Å². The maximum Gasteiger partial charge on any atom is 0.396 e. The molecule has 6 heterocycles. The zero-order valence-corrected chi connectivity index (χ0v) is 44.5. The van der Waals surface area contributed by atoms with Crippen molar-refractivity contribution in [1.82, 2.24) is 41.4 Å². The number of aromatic amines is 1. The van der Waals surface area contributed by atoms with E-state index in [0.717, 1.165) is 17.5 Å². The number of hydrogen-bond acceptors (Lipinski definition) is 11. The molecule has 10 rings (SSSR count). The number of nitrogens with zero attached hydrogens (tertiary/aromatic N) is 3. The van der Waals surface area contributed by atoms with Crippen molar-refractivity contribution in [2.45, 2.75) is 94.5 Å². The number of benzene rings is 4. The molecule has 10 N–H and O–H groups in total. The third kappa shape index (κ3) is 11.7. The number of likely N-dealkylation sites (tertiary alicyclic amines) is 1. The quantitative estimate of drug-likeness (QED) is 0.0414. The van der Waals surface area contributed by atoms with Gasteiger partial charge in [0.1, 0.15) is 35.9 Å². The molecule has 5 atom stereocenters. The molecule has 23 nitrogen and oxygen atoms in total. The lowest BCUT2D eigenvalue weighted by Gasteiger charge is -2.35. The van der Waals surface area contributed by atoms with Gasteiger partial charge in [0, 0.05) is 73.0 Å². The van der Waals surface area contributed by atoms with E-state index in [9.17, 15) is 62.3 Å². The summed E-state index contributed by atoms with van der Waals surface area (Å²) in [6.07, 6.45) is 3.52. The molecule has 5 aliphatic rings. The van der Waals surface area contributed by atoms with E-state index in [2.05, 4.69) is 43.4 Å². The Kier molecular flexibility index (Phi) is 15.7. The smallest absolute Gasteiger partial charge is 0.352 e. The number of para-hydroxylation sites is 1. The molecular weight excluding hydrogens is 1060 g/mol. The van der Waals surface area contributed by atoms with E-state index in [0.29, 0.717) is 77.6 Å². The number of rotatable bonds is 15. The number of hydrogen-bond donors (Lipinski definition) is 9. The first-order valence-electron chi connectivity index (χ1n) is 26.5. The number of piperidine rings is 2. The summed E-state index contributed by atoms with van der Waals surface area (Å²) in [5.74, 6) is 2.26. The maximum atomic E-state index is 14.6. The topological polar surface area (TPSA) is 340 Å². The van der Waals surface area contributed by atoms with E-state index in [1.54, 1.807) is 59.5 Å². The number of amides is 10. The summed E-state index contributed by atoms with van der Waals surface area (Å²) in [5.41, 5.74) is 8.45. The Balaban J connectivity index is 0.786. The van der Waals surface area contributed by atoms with Crippen molar-refractivity contribution < 1.29 is 62.3 Å². The number of nitrogens with one attached hydrogen (secondary N) is 6. The number of anilines is 1. The van der Waals surface area contributed by atoms with Gasteiger partial charge in [-0.2, -0.15) is 0 Å². The molecule has 1 unspecified atom stereocenters. The van der Waals surface area contributed by atoms with Crippen LogP contribution in [0.15, 0.2) is 91.0 Å². The van der Waals surface area contributed by atoms with E-state index >= 15 is 0 Å². The number of aromatic nitrogens is 1. The molecule has 0 saturated carbocycles. The Labute approximate surface area is 463 Å². The van der Waals surface area contributed by atoms with Crippen molar-refractivity contribution in [3.63, 3.8) is 0 Å². The molecular formula is C57H57N10O13P. The maximum absolute atomic E-state index is 14.6. The minimum Gasteiger partial charge on any atom is -0.352 e. The van der Waals surface area contributed by atoms with Crippen LogP contribution in [0.5, 0.6) is 0 Å². The molecule has 10 amide bonds. The van der Waals surface area contributed by atoms with Crippen molar-refractivity contribution in [1.29, 1.82) is 0 Å². The van der Waals surface area contributed by atoms with Gasteiger partial charge < -0.3 is 51.6 Å². The SMILES string of the molecule is NC(=O)NC[C@H](NC(=O)[C@@H]1Cc2cccc3c2N1C(=O)[C@@H](NC(=O)c1cc2cc(C(=O)P(=O)(O)O)ccc2[nH]1)CC3)C(=O)N[C@H](C(=O)N1CCC(CCC#Cc2cccc3c2CN(C2CCC(=O)NC2=O)C3=O)CC1)c1ccccc1. The number of aryl methyl sites for hydroxylation is 1. The number of fused-ring (bicyclic) bond motifs is 2. The number of primary amides is 1. The van der Waals surface area contributed by atoms with Crippen LogP contribution in [0.1, 0.15) is 110 Å². The molecule has 5 aliphatic heterocycles. The van der Waals surface area contributed by atoms with Crippen molar-refractivity contribution in [3.8, 4) is 11.8 Å². The second-order valence-electron chi connectivity index (χ2n) is 20.8. The standard InChI is InChI=1S/C57H57N10O13P/c58-57(77)59-29-43(62-52(72)45-28-35-14-6-13-34-16-19-41(54(74)67(45)48(34)35)61-49(69)42-27-37-26-36(17-18-40(37)60-42)56(76)81(78,79)80)50(70)64-47(33-10-2-1-3-11-33)55(75)65-24-22-31(23-25-65)8-4-5-9-32-12-7-15-38-39(32)30-66(53(38)73)44-20-21-46(68)63-51(44)71/h1-3,6-7,10-15,17-18,26-27,31,41,43-45,47,60H,4,8,16,19-25,28-30H2,(H,61,69)(H,62,72)(H,64,70)(H3,58,59,77)(H,63,68,71)(H2,78,79,80)/t41-,43-,44?,45-,47-/m0/s1. The zero-order chi connectivity index (χ0) is 57.3. The van der Waals surface area contributed by atoms with E-state index in [-0.39, 0.29) is 61.2 Å². The Hall–Kier alpha value is -8.97. The summed E-state index contributed by atoms with van der Waals surface area (Å²) < 4.78 is 11.6. The first-order chi connectivity index (χ1) is 38.8. The molecule has 2 saturated heterocycles. The van der Waals surface area contributed by atoms with Crippen LogP contribution >= 0.6 is 7.60 Å². The number of imide groups is 1. The number of H-pyrrole nitrogens is 1. The monoisotopic (exact) mass is 1120 g/mol. The molecule has 5 aromatic rings. The minimum absolute atomic E-state index is 0.0140. The third-order valence-corrected chi connectivity index (χ3v) is 16.4. The van der Waals surface area contributed by atoms with Gasteiger partial charge in [-0.05, 0) is 103 Å². The van der Waals surface area contributed by atoms with E-state index < -0.39 is 91.3 Å². The summed E-state index contributed by atoms with van der Waals surface area (Å²) in [7, 11) is -5.08. The number of carbonyl (C=O) groups excluding carboxylic acids is 10. The van der Waals surface area contributed by atoms with Crippen LogP contribution in [0.4, 0.5) is 10.5 Å². The van der Waals surface area contributed by atoms with Crippen LogP contribution in [0, 0.1) is 17.8 Å². The first kappa shape index (κ1) is 55.3. The highest BCUT2D eigenvalue weighted by atomic mass is 31.2. The van der Waals surface area contributed by atoms with Crippen LogP contribution in [0.2, 0.25) is 0 Å². The molecule has 24 heteroatoms. The molecule has 81 heavy (non-hydrogen) atoms. The second-order valence-corrected chi connectivity index (χ2v) is 22.2. The molecule has 1 aromatic heterocycles. The third-order valence-electron chi connectivity index (χ3n) is 15.6. The van der Waals surface area contributed by atoms with Gasteiger partial charge in [-0.25, -0.2) is 4.79 Å². The van der Waals surface area contributed by atoms with Gasteiger partial charge in [-0.3, -0.25) is 57.9 Å². The fourth-order valence-electron chi connectivity index (χ4n) is 11.4. The molecule has 0 spiro atoms. The van der Waals surface area contributed by atoms with Crippen molar-refractivity contribution in [2.75, 3.05) is 24.5 Å². The number of nitrogens with two attached hydrogens (primary N) is 1. The average molecular weight is 1120 g/mol. The lowest BCUT2D eigenvalue weighted by molar-refractivity contribution is -0.139. The van der Waals surface area contributed by atoms with Crippen LogP contribution in [-0.4, -0.2) is 127 Å². The van der Waals surface area contributed by atoms with Crippen molar-refractivity contribution in [3.05, 3.63) is 136 Å². The van der Waals surface area contributed by atoms with Gasteiger partial charge in [-0.15, -0.1) is 0 Å². The fraction of sp³-hybridized carbons (Fsp3) is 0.333. The Morgan fingerprint density at radius 2 is 1.59 bits per heavy atom. The van der Waals surface area contributed by atoms with Crippen LogP contribution in [-0.2, 0) is 52.7 Å². The summed E-state index contributed by atoms with van der Waals surface area (Å²) in [5, 5.41) is 13.3. The molecule has 0 radical (unpaired) electrons. The lowest BCUT2D eigenvalue weighted by Crippen LogP contribution is -2.60. The fourth-order valence-corrected chi connectivity index (χ4v) is 11.9. The zero-order valence-electron chi connectivity index (χ0n) is 43.6. The predicted molar refractivity (Wildman–Crippen MR) is 290 cm³/mol. The highest BCUT2D eigenvalue weighted by Crippen LogP contribution is 2.41. The molecule has 0 aliphatic carbocycles. The summed E-state index contributed by atoms with van der Waals surface area (Å²) >= 11 is 0. The van der Waals surface area contributed by atoms with Gasteiger partial charge >= 0.3 is 13.6 Å². The Morgan fingerprint density at radius 3 is 2.33 bits per heavy atom. The normalized spacial score (nSPS) is 19.5. The van der Waals surface area contributed by atoms with Gasteiger partial charge in [-0.1, -0.05) is 66.4 Å². The number of urea groups is 1. The Bertz CT molecular complexity index is 3560. The van der Waals surface area contributed by atoms with Crippen molar-refractivity contribution in [2.24, 2.45) is 11.7 Å². The van der Waals surface area contributed by atoms with E-state index in [1.165, 1.54) is 34.1 Å². The van der Waals surface area contributed by atoms with Gasteiger partial charge in [0.15, 0.2) is 0 Å². The van der Waals surface area contributed by atoms with Crippen molar-refractivity contribution >= 4 is 83.0 Å². The van der Waals surface area contributed by atoms with Gasteiger partial charge in [0.25, 0.3) is 17.3 Å². The van der Waals surface area contributed by atoms with Gasteiger partial charge in [0.05, 0.1) is 5.69 Å². The molecule has 2 fully saturated rings. The van der Waals surface area contributed by atoms with E-state index in [4.69, 9.17) is 5.73 Å². The lowest BCUT2D eigenvalue weighted by atomic mass is 9.91. The summed E-state index contributed by atoms with van der Waals surface area (Å²) in [6, 6.07) is 17.6. The Morgan fingerprint density at radius 1 is 0.840 bits per heavy atom. The molecule has 418 valence electrons. The first-order valence-corrected chi connectivity index (χ1v) is 28.1. The summed E-state index contributed by atoms with van der Waals surface area (Å²) in [6.45, 7) is 0.490. The van der Waals surface area contributed by atoms with Crippen LogP contribution in [0.3, 0.4) is 0 Å². The molecule has 4 aromatic carbocycles. The van der Waals surface area contributed by atoms with Gasteiger partial charge in [0.2, 0.25) is 35.4 Å². The highest BCUT2D eigenvalue weighted by molar-refractivity contribution is 7.70. The minimum atomic E-state index is -5.08. The summed E-state index contributed by atoms with van der Waals surface area (Å²) in [4.78, 5) is 160. The van der Waals surface area contributed by atoms with E-state index in [1.807, 2.05) is 12.1 Å².